The van der Waals surface area contributed by atoms with Gasteiger partial charge in [-0.15, -0.1) is 0 Å². The maximum atomic E-state index is 13.9. The number of aryl methyl sites for hydroxylation is 1. The predicted molar refractivity (Wildman–Crippen MR) is 166 cm³/mol. The number of amides is 3. The summed E-state index contributed by atoms with van der Waals surface area (Å²) in [5.41, 5.74) is 1.09. The molecule has 45 heavy (non-hydrogen) atoms. The normalized spacial score (nSPS) is 24.8. The fourth-order valence-electron chi connectivity index (χ4n) is 6.30. The second-order valence-corrected chi connectivity index (χ2v) is 14.8. The molecule has 0 radical (unpaired) electrons. The van der Waals surface area contributed by atoms with Gasteiger partial charge >= 0.3 is 0 Å². The highest BCUT2D eigenvalue weighted by Crippen LogP contribution is 2.33. The molecule has 3 amide bonds. The molecule has 13 nitrogen and oxygen atoms in total. The summed E-state index contributed by atoms with van der Waals surface area (Å²) in [6.45, 7) is 6.08. The number of benzene rings is 1. The lowest BCUT2D eigenvalue weighted by Crippen LogP contribution is -2.57. The minimum absolute atomic E-state index is 0.0441. The van der Waals surface area contributed by atoms with E-state index < -0.39 is 45.6 Å². The van der Waals surface area contributed by atoms with Gasteiger partial charge in [0.2, 0.25) is 27.7 Å². The summed E-state index contributed by atoms with van der Waals surface area (Å²) in [5.74, 6) is -1.24. The Balaban J connectivity index is 1.30. The summed E-state index contributed by atoms with van der Waals surface area (Å²) in [6, 6.07) is 2.48. The lowest BCUT2D eigenvalue weighted by molar-refractivity contribution is -0.134. The van der Waals surface area contributed by atoms with Crippen molar-refractivity contribution in [1.82, 2.24) is 20.9 Å². The number of Topliss-reactive ketones (excluding diaryl/α,β-unsaturated/α-hetero) is 1. The van der Waals surface area contributed by atoms with Gasteiger partial charge in [0, 0.05) is 19.5 Å². The number of morpholine rings is 1. The van der Waals surface area contributed by atoms with E-state index in [1.54, 1.807) is 26.0 Å². The van der Waals surface area contributed by atoms with E-state index in [0.29, 0.717) is 57.4 Å². The monoisotopic (exact) mass is 647 g/mol. The van der Waals surface area contributed by atoms with Crippen molar-refractivity contribution in [3.8, 4) is 0 Å². The molecule has 1 saturated carbocycles. The third-order valence-electron chi connectivity index (χ3n) is 9.17. The van der Waals surface area contributed by atoms with Crippen LogP contribution in [0.15, 0.2) is 18.2 Å². The number of sulfonamides is 1. The summed E-state index contributed by atoms with van der Waals surface area (Å²) in [5, 5.41) is 8.47. The highest BCUT2D eigenvalue weighted by molar-refractivity contribution is 7.92. The zero-order valence-corrected chi connectivity index (χ0v) is 26.9. The molecule has 4 atom stereocenters. The quantitative estimate of drug-likeness (QED) is 0.219. The Morgan fingerprint density at radius 3 is 2.42 bits per heavy atom. The van der Waals surface area contributed by atoms with Gasteiger partial charge in [0.05, 0.1) is 43.8 Å². The number of hydrogen-bond acceptors (Lipinski definition) is 9. The molecule has 1 aromatic rings. The van der Waals surface area contributed by atoms with E-state index in [1.807, 2.05) is 11.0 Å². The van der Waals surface area contributed by atoms with Gasteiger partial charge in [-0.05, 0) is 49.8 Å². The molecule has 3 aliphatic heterocycles. The van der Waals surface area contributed by atoms with E-state index in [-0.39, 0.29) is 30.4 Å². The van der Waals surface area contributed by atoms with Gasteiger partial charge in [-0.1, -0.05) is 37.8 Å². The van der Waals surface area contributed by atoms with E-state index in [2.05, 4.69) is 20.7 Å². The number of anilines is 1. The Kier molecular flexibility index (Phi) is 10.5. The van der Waals surface area contributed by atoms with E-state index in [1.165, 1.54) is 0 Å². The molecule has 4 N–H and O–H groups in total. The Labute approximate surface area is 264 Å². The summed E-state index contributed by atoms with van der Waals surface area (Å²) in [6.07, 6.45) is 5.12. The van der Waals surface area contributed by atoms with Crippen LogP contribution in [0.5, 0.6) is 0 Å². The number of hydrogen-bond donors (Lipinski definition) is 4. The molecule has 4 aliphatic rings. The fraction of sp³-hybridized carbons (Fsp3) is 0.677. The summed E-state index contributed by atoms with van der Waals surface area (Å²) >= 11 is 0. The first kappa shape index (κ1) is 33.3. The minimum atomic E-state index is -3.39. The number of fused-ring (bicyclic) bond motifs is 1. The van der Waals surface area contributed by atoms with Crippen LogP contribution in [0.25, 0.3) is 0 Å². The molecule has 0 bridgehead atoms. The largest absolute Gasteiger partial charge is 0.379 e. The second-order valence-electron chi connectivity index (χ2n) is 12.9. The maximum Gasteiger partial charge on any atom is 0.243 e. The highest BCUT2D eigenvalue weighted by Gasteiger charge is 2.50. The van der Waals surface area contributed by atoms with Gasteiger partial charge < -0.3 is 25.4 Å². The Morgan fingerprint density at radius 1 is 1.04 bits per heavy atom. The number of nitrogens with zero attached hydrogens (tertiary/aromatic N) is 1. The number of nitrogens with one attached hydrogen (secondary N) is 4. The maximum absolute atomic E-state index is 13.9. The predicted octanol–water partition coefficient (Wildman–Crippen LogP) is 0.272. The Bertz CT molecular complexity index is 1390. The molecule has 1 aliphatic carbocycles. The first-order valence-electron chi connectivity index (χ1n) is 15.9. The minimum Gasteiger partial charge on any atom is -0.379 e. The van der Waals surface area contributed by atoms with Crippen LogP contribution in [-0.2, 0) is 51.5 Å². The summed E-state index contributed by atoms with van der Waals surface area (Å²) < 4.78 is 37.3. The average molecular weight is 648 g/mol. The molecule has 0 spiro atoms. The number of ether oxygens (including phenoxy) is 2. The molecule has 5 rings (SSSR count). The van der Waals surface area contributed by atoms with Crippen LogP contribution in [0, 0.1) is 5.92 Å². The number of epoxide rings is 1. The van der Waals surface area contributed by atoms with Crippen LogP contribution in [0.1, 0.15) is 57.1 Å². The van der Waals surface area contributed by atoms with Crippen LogP contribution in [0.2, 0.25) is 0 Å². The summed E-state index contributed by atoms with van der Waals surface area (Å²) in [4.78, 5) is 55.2. The van der Waals surface area contributed by atoms with Crippen molar-refractivity contribution in [1.29, 1.82) is 0 Å². The fourth-order valence-corrected chi connectivity index (χ4v) is 7.43. The van der Waals surface area contributed by atoms with Crippen molar-refractivity contribution in [2.75, 3.05) is 49.9 Å². The SMILES string of the molecule is C[C@H](NC(=O)CN1CCOCC1)C(=O)N[C@@H](Cc1ccc2c(c1)CCS(=O)(=O)N2)C(=O)N[C@@H](CC1CCCC1)C(=O)[C@@]1(C)CO1. The molecule has 1 aromatic carbocycles. The molecule has 3 fully saturated rings. The van der Waals surface area contributed by atoms with Crippen LogP contribution >= 0.6 is 0 Å². The number of carbonyl (C=O) groups excluding carboxylic acids is 4. The molecule has 3 heterocycles. The van der Waals surface area contributed by atoms with E-state index in [4.69, 9.17) is 9.47 Å². The molecule has 2 saturated heterocycles. The summed E-state index contributed by atoms with van der Waals surface area (Å²) in [7, 11) is -3.39. The Hall–Kier alpha value is -3.07. The van der Waals surface area contributed by atoms with E-state index >= 15 is 0 Å². The van der Waals surface area contributed by atoms with Crippen LogP contribution in [0.3, 0.4) is 0 Å². The van der Waals surface area contributed by atoms with Crippen LogP contribution in [-0.4, -0.2) is 106 Å². The highest BCUT2D eigenvalue weighted by atomic mass is 32.2. The van der Waals surface area contributed by atoms with Crippen molar-refractivity contribution < 1.29 is 37.1 Å². The smallest absolute Gasteiger partial charge is 0.243 e. The third-order valence-corrected chi connectivity index (χ3v) is 10.4. The lowest BCUT2D eigenvalue weighted by Gasteiger charge is -2.28. The zero-order valence-electron chi connectivity index (χ0n) is 26.1. The number of ketones is 1. The third kappa shape index (κ3) is 9.02. The molecule has 0 unspecified atom stereocenters. The lowest BCUT2D eigenvalue weighted by atomic mass is 9.90. The van der Waals surface area contributed by atoms with Crippen molar-refractivity contribution in [3.63, 3.8) is 0 Å². The molecular weight excluding hydrogens is 602 g/mol. The van der Waals surface area contributed by atoms with Gasteiger partial charge in [0.1, 0.15) is 17.7 Å². The van der Waals surface area contributed by atoms with Crippen molar-refractivity contribution in [2.45, 2.75) is 82.5 Å². The number of carbonyl (C=O) groups is 4. The van der Waals surface area contributed by atoms with Crippen molar-refractivity contribution in [3.05, 3.63) is 29.3 Å². The standard InChI is InChI=1S/C31H45N5O8S/c1-20(32-27(37)18-36-10-12-43-13-11-36)29(39)34-26(17-22-7-8-24-23(15-22)9-14-45(41,42)35-24)30(40)33-25(16-21-5-3-4-6-21)28(38)31(2)19-44-31/h7-8,15,20-21,25-26,35H,3-6,9-14,16-19H2,1-2H3,(H,32,37)(H,33,40)(H,34,39)/t20-,25-,26-,31+/m0/s1. The topological polar surface area (TPSA) is 176 Å². The van der Waals surface area contributed by atoms with Gasteiger partial charge in [0.25, 0.3) is 0 Å². The van der Waals surface area contributed by atoms with Crippen molar-refractivity contribution >= 4 is 39.2 Å². The average Bonchev–Trinajstić information content (AvgIpc) is 3.54. The molecule has 248 valence electrons. The first-order valence-corrected chi connectivity index (χ1v) is 17.6. The number of rotatable bonds is 13. The van der Waals surface area contributed by atoms with Crippen LogP contribution in [0.4, 0.5) is 5.69 Å². The van der Waals surface area contributed by atoms with Crippen molar-refractivity contribution in [2.24, 2.45) is 5.92 Å². The Morgan fingerprint density at radius 2 is 1.73 bits per heavy atom. The van der Waals surface area contributed by atoms with Gasteiger partial charge in [0.15, 0.2) is 5.78 Å². The van der Waals surface area contributed by atoms with Gasteiger partial charge in [-0.3, -0.25) is 28.8 Å². The second kappa shape index (κ2) is 14.1. The molecule has 14 heteroatoms. The van der Waals surface area contributed by atoms with Crippen LogP contribution < -0.4 is 20.7 Å². The van der Waals surface area contributed by atoms with E-state index in [9.17, 15) is 27.6 Å². The van der Waals surface area contributed by atoms with E-state index in [0.717, 1.165) is 36.8 Å². The zero-order chi connectivity index (χ0) is 32.2. The van der Waals surface area contributed by atoms with Gasteiger partial charge in [-0.2, -0.15) is 0 Å². The molecule has 0 aromatic heterocycles. The van der Waals surface area contributed by atoms with Gasteiger partial charge in [-0.25, -0.2) is 8.42 Å². The first-order chi connectivity index (χ1) is 21.4. The molecular formula is C31H45N5O8S.